The van der Waals surface area contributed by atoms with Crippen molar-refractivity contribution in [3.63, 3.8) is 0 Å². The van der Waals surface area contributed by atoms with E-state index in [2.05, 4.69) is 10.3 Å². The number of likely N-dealkylation sites (N-methyl/N-ethyl adjacent to an activating group) is 1. The fraction of sp³-hybridized carbons (Fsp3) is 0.600. The Morgan fingerprint density at radius 2 is 2.11 bits per heavy atom. The summed E-state index contributed by atoms with van der Waals surface area (Å²) in [5, 5.41) is 3.11. The van der Waals surface area contributed by atoms with Crippen molar-refractivity contribution in [2.75, 3.05) is 20.1 Å². The van der Waals surface area contributed by atoms with Gasteiger partial charge in [0.1, 0.15) is 0 Å². The fourth-order valence-corrected chi connectivity index (χ4v) is 3.46. The van der Waals surface area contributed by atoms with Gasteiger partial charge in [0.05, 0.1) is 0 Å². The number of rotatable bonds is 3. The first-order valence-corrected chi connectivity index (χ1v) is 7.37. The molecule has 1 saturated heterocycles. The van der Waals surface area contributed by atoms with E-state index in [4.69, 9.17) is 0 Å². The van der Waals surface area contributed by atoms with E-state index in [-0.39, 0.29) is 6.04 Å². The largest absolute Gasteiger partial charge is 0.325 e. The molecule has 0 aromatic carbocycles. The molecule has 106 valence electrons. The normalized spacial score (nSPS) is 20.6. The van der Waals surface area contributed by atoms with Crippen LogP contribution in [0.3, 0.4) is 0 Å². The monoisotopic (exact) mass is 288 g/mol. The highest BCUT2D eigenvalue weighted by atomic mass is 32.2. The van der Waals surface area contributed by atoms with Gasteiger partial charge in [-0.2, -0.15) is 4.31 Å². The van der Waals surface area contributed by atoms with Gasteiger partial charge >= 0.3 is 5.69 Å². The van der Waals surface area contributed by atoms with E-state index in [9.17, 15) is 18.0 Å². The summed E-state index contributed by atoms with van der Waals surface area (Å²) in [6.45, 7) is 1.42. The van der Waals surface area contributed by atoms with Crippen LogP contribution in [0.2, 0.25) is 0 Å². The lowest BCUT2D eigenvalue weighted by Gasteiger charge is -2.30. The molecule has 8 nitrogen and oxygen atoms in total. The molecule has 2 heterocycles. The van der Waals surface area contributed by atoms with Gasteiger partial charge in [-0.25, -0.2) is 13.2 Å². The van der Waals surface area contributed by atoms with E-state index in [1.807, 2.05) is 4.98 Å². The summed E-state index contributed by atoms with van der Waals surface area (Å²) < 4.78 is 25.8. The molecule has 1 atom stereocenters. The molecule has 1 unspecified atom stereocenters. The second-order valence-electron chi connectivity index (χ2n) is 4.46. The van der Waals surface area contributed by atoms with Crippen LogP contribution in [-0.2, 0) is 10.0 Å². The molecule has 0 aliphatic carbocycles. The summed E-state index contributed by atoms with van der Waals surface area (Å²) in [6.07, 6.45) is 2.56. The van der Waals surface area contributed by atoms with Crippen molar-refractivity contribution in [2.24, 2.45) is 0 Å². The molecule has 1 aliphatic rings. The van der Waals surface area contributed by atoms with Crippen molar-refractivity contribution >= 4 is 10.0 Å². The molecule has 0 spiro atoms. The number of H-pyrrole nitrogens is 2. The van der Waals surface area contributed by atoms with E-state index in [1.165, 1.54) is 11.4 Å². The van der Waals surface area contributed by atoms with Gasteiger partial charge in [-0.05, 0) is 19.4 Å². The Bertz CT molecular complexity index is 657. The Morgan fingerprint density at radius 1 is 1.37 bits per heavy atom. The van der Waals surface area contributed by atoms with Gasteiger partial charge in [0.2, 0.25) is 10.0 Å². The number of aromatic nitrogens is 2. The summed E-state index contributed by atoms with van der Waals surface area (Å²) >= 11 is 0. The number of aromatic amines is 2. The SMILES string of the molecule is CN(C1CCCNC1)S(=O)(=O)c1c[nH]c(=O)[nH]c1=O. The molecule has 0 saturated carbocycles. The third-order valence-corrected chi connectivity index (χ3v) is 5.14. The van der Waals surface area contributed by atoms with Crippen LogP contribution in [0.1, 0.15) is 12.8 Å². The van der Waals surface area contributed by atoms with Crippen molar-refractivity contribution in [2.45, 2.75) is 23.8 Å². The van der Waals surface area contributed by atoms with E-state index >= 15 is 0 Å². The van der Waals surface area contributed by atoms with Crippen LogP contribution in [0.15, 0.2) is 20.7 Å². The zero-order valence-corrected chi connectivity index (χ0v) is 11.3. The topological polar surface area (TPSA) is 115 Å². The summed E-state index contributed by atoms with van der Waals surface area (Å²) in [6, 6.07) is -0.190. The Morgan fingerprint density at radius 3 is 2.68 bits per heavy atom. The van der Waals surface area contributed by atoms with Gasteiger partial charge in [-0.1, -0.05) is 0 Å². The average Bonchev–Trinajstić information content (AvgIpc) is 2.38. The fourth-order valence-electron chi connectivity index (χ4n) is 2.08. The maximum absolute atomic E-state index is 12.3. The summed E-state index contributed by atoms with van der Waals surface area (Å²) in [4.78, 5) is 26.1. The molecule has 0 bridgehead atoms. The lowest BCUT2D eigenvalue weighted by Crippen LogP contribution is -2.47. The van der Waals surface area contributed by atoms with Gasteiger partial charge < -0.3 is 10.3 Å². The van der Waals surface area contributed by atoms with Crippen molar-refractivity contribution in [1.29, 1.82) is 0 Å². The van der Waals surface area contributed by atoms with Gasteiger partial charge in [-0.15, -0.1) is 0 Å². The van der Waals surface area contributed by atoms with E-state index < -0.39 is 26.2 Å². The van der Waals surface area contributed by atoms with Crippen LogP contribution in [0, 0.1) is 0 Å². The Balaban J connectivity index is 2.35. The second-order valence-corrected chi connectivity index (χ2v) is 6.42. The lowest BCUT2D eigenvalue weighted by atomic mass is 10.1. The number of sulfonamides is 1. The van der Waals surface area contributed by atoms with E-state index in [0.717, 1.165) is 25.6 Å². The minimum absolute atomic E-state index is 0.190. The molecule has 1 aliphatic heterocycles. The first-order valence-electron chi connectivity index (χ1n) is 5.93. The highest BCUT2D eigenvalue weighted by molar-refractivity contribution is 7.89. The minimum atomic E-state index is -3.91. The highest BCUT2D eigenvalue weighted by Crippen LogP contribution is 2.16. The van der Waals surface area contributed by atoms with Gasteiger partial charge in [0.25, 0.3) is 5.56 Å². The Kier molecular flexibility index (Phi) is 3.88. The van der Waals surface area contributed by atoms with Crippen LogP contribution in [0.5, 0.6) is 0 Å². The summed E-state index contributed by atoms with van der Waals surface area (Å²) in [5.41, 5.74) is -1.63. The standard InChI is InChI=1S/C10H16N4O4S/c1-14(7-3-2-4-11-5-7)19(17,18)8-6-12-10(16)13-9(8)15/h6-7,11H,2-5H2,1H3,(H2,12,13,15,16). The van der Waals surface area contributed by atoms with Crippen LogP contribution in [0.25, 0.3) is 0 Å². The zero-order valence-electron chi connectivity index (χ0n) is 10.5. The molecule has 1 aromatic rings. The maximum atomic E-state index is 12.3. The van der Waals surface area contributed by atoms with Gasteiger partial charge in [-0.3, -0.25) is 9.78 Å². The minimum Gasteiger partial charge on any atom is -0.315 e. The number of nitrogens with one attached hydrogen (secondary N) is 3. The molecular weight excluding hydrogens is 272 g/mol. The number of hydrogen-bond acceptors (Lipinski definition) is 5. The lowest BCUT2D eigenvalue weighted by molar-refractivity contribution is 0.299. The molecule has 1 fully saturated rings. The van der Waals surface area contributed by atoms with Crippen molar-refractivity contribution in [3.8, 4) is 0 Å². The van der Waals surface area contributed by atoms with Crippen molar-refractivity contribution < 1.29 is 8.42 Å². The number of nitrogens with zero attached hydrogens (tertiary/aromatic N) is 1. The van der Waals surface area contributed by atoms with E-state index in [0.29, 0.717) is 6.54 Å². The molecule has 0 radical (unpaired) electrons. The third kappa shape index (κ3) is 2.77. The maximum Gasteiger partial charge on any atom is 0.325 e. The predicted molar refractivity (Wildman–Crippen MR) is 68.5 cm³/mol. The third-order valence-electron chi connectivity index (χ3n) is 3.23. The summed E-state index contributed by atoms with van der Waals surface area (Å²) in [7, 11) is -2.46. The van der Waals surface area contributed by atoms with Crippen LogP contribution in [-0.4, -0.2) is 48.9 Å². The second kappa shape index (κ2) is 5.27. The quantitative estimate of drug-likeness (QED) is 0.622. The molecule has 3 N–H and O–H groups in total. The van der Waals surface area contributed by atoms with Crippen molar-refractivity contribution in [1.82, 2.24) is 19.6 Å². The highest BCUT2D eigenvalue weighted by Gasteiger charge is 2.31. The number of piperidine rings is 1. The Hall–Kier alpha value is -1.45. The zero-order chi connectivity index (χ0) is 14.0. The van der Waals surface area contributed by atoms with Crippen LogP contribution < -0.4 is 16.6 Å². The molecule has 1 aromatic heterocycles. The molecule has 0 amide bonds. The summed E-state index contributed by atoms with van der Waals surface area (Å²) in [5.74, 6) is 0. The van der Waals surface area contributed by atoms with Crippen LogP contribution in [0.4, 0.5) is 0 Å². The average molecular weight is 288 g/mol. The van der Waals surface area contributed by atoms with Gasteiger partial charge in [0.15, 0.2) is 4.90 Å². The number of hydrogen-bond donors (Lipinski definition) is 3. The van der Waals surface area contributed by atoms with Crippen molar-refractivity contribution in [3.05, 3.63) is 27.0 Å². The molecule has 19 heavy (non-hydrogen) atoms. The van der Waals surface area contributed by atoms with E-state index in [1.54, 1.807) is 0 Å². The molecule has 9 heteroatoms. The first-order chi connectivity index (χ1) is 8.93. The van der Waals surface area contributed by atoms with Crippen LogP contribution >= 0.6 is 0 Å². The molecule has 2 rings (SSSR count). The Labute approximate surface area is 109 Å². The predicted octanol–water partition coefficient (Wildman–Crippen LogP) is -1.56. The van der Waals surface area contributed by atoms with Gasteiger partial charge in [0, 0.05) is 25.8 Å². The first kappa shape index (κ1) is 14.0. The molecular formula is C10H16N4O4S. The smallest absolute Gasteiger partial charge is 0.315 e.